The first-order valence-electron chi connectivity index (χ1n) is 14.6. The summed E-state index contributed by atoms with van der Waals surface area (Å²) in [5, 5.41) is 2.49. The van der Waals surface area contributed by atoms with Crippen LogP contribution in [0.4, 0.5) is 0 Å². The van der Waals surface area contributed by atoms with E-state index in [4.69, 9.17) is 0 Å². The van der Waals surface area contributed by atoms with Gasteiger partial charge in [0.05, 0.1) is 11.2 Å². The third kappa shape index (κ3) is 10.8. The molecule has 3 heteroatoms. The van der Waals surface area contributed by atoms with Gasteiger partial charge in [-0.05, 0) is 137 Å². The molecule has 220 valence electrons. The Morgan fingerprint density at radius 1 is 0.744 bits per heavy atom. The predicted octanol–water partition coefficient (Wildman–Crippen LogP) is 11.0. The maximum absolute atomic E-state index is 4.66. The lowest BCUT2D eigenvalue weighted by molar-refractivity contribution is 0.586. The van der Waals surface area contributed by atoms with Gasteiger partial charge in [-0.25, -0.2) is 0 Å². The molecule has 0 amide bonds. The number of benzene rings is 4. The van der Waals surface area contributed by atoms with E-state index in [1.54, 1.807) is 0 Å². The van der Waals surface area contributed by atoms with Crippen LogP contribution >= 0.6 is 22.6 Å². The second-order valence-electron chi connectivity index (χ2n) is 11.9. The molecule has 0 aliphatic carbocycles. The van der Waals surface area contributed by atoms with Crippen molar-refractivity contribution < 1.29 is 0 Å². The van der Waals surface area contributed by atoms with Crippen molar-refractivity contribution in [2.45, 2.75) is 67.9 Å². The SMILES string of the molecule is CC#Cc1cc(C)cc(C)c1.CC(C)(C)N=Cc1ccccc1I.Cc1cc(C)cc(-c2ncc3ccccc3c2C)c1. The van der Waals surface area contributed by atoms with E-state index in [-0.39, 0.29) is 5.54 Å². The van der Waals surface area contributed by atoms with Gasteiger partial charge in [-0.2, -0.15) is 0 Å². The number of aryl methyl sites for hydroxylation is 5. The molecule has 0 aliphatic rings. The molecule has 2 nitrogen and oxygen atoms in total. The van der Waals surface area contributed by atoms with E-state index in [0.717, 1.165) is 11.3 Å². The van der Waals surface area contributed by atoms with Crippen molar-refractivity contribution in [3.8, 4) is 23.1 Å². The molecule has 0 N–H and O–H groups in total. The molecule has 0 atom stereocenters. The van der Waals surface area contributed by atoms with Gasteiger partial charge in [0, 0.05) is 38.1 Å². The Morgan fingerprint density at radius 2 is 1.30 bits per heavy atom. The lowest BCUT2D eigenvalue weighted by Gasteiger charge is -2.10. The Morgan fingerprint density at radius 3 is 1.88 bits per heavy atom. The summed E-state index contributed by atoms with van der Waals surface area (Å²) >= 11 is 2.32. The van der Waals surface area contributed by atoms with E-state index in [1.807, 2.05) is 31.5 Å². The molecule has 0 aliphatic heterocycles. The molecule has 4 aromatic carbocycles. The molecule has 0 bridgehead atoms. The van der Waals surface area contributed by atoms with Crippen molar-refractivity contribution in [3.63, 3.8) is 0 Å². The van der Waals surface area contributed by atoms with Crippen LogP contribution in [-0.2, 0) is 0 Å². The highest BCUT2D eigenvalue weighted by atomic mass is 127. The molecule has 0 saturated heterocycles. The average Bonchev–Trinajstić information content (AvgIpc) is 2.92. The Hall–Kier alpha value is -3.75. The fourth-order valence-corrected chi connectivity index (χ4v) is 5.27. The fraction of sp³-hybridized carbons (Fsp3) is 0.250. The Bertz CT molecular complexity index is 1740. The number of nitrogens with zero attached hydrogens (tertiary/aromatic N) is 2. The zero-order valence-electron chi connectivity index (χ0n) is 27.0. The first-order valence-corrected chi connectivity index (χ1v) is 15.7. The number of pyridine rings is 1. The van der Waals surface area contributed by atoms with E-state index in [1.165, 1.54) is 53.3 Å². The zero-order valence-corrected chi connectivity index (χ0v) is 29.2. The van der Waals surface area contributed by atoms with E-state index in [9.17, 15) is 0 Å². The van der Waals surface area contributed by atoms with Crippen LogP contribution < -0.4 is 0 Å². The molecule has 5 aromatic rings. The summed E-state index contributed by atoms with van der Waals surface area (Å²) in [5.41, 5.74) is 11.0. The van der Waals surface area contributed by atoms with E-state index in [2.05, 4.69) is 173 Å². The van der Waals surface area contributed by atoms with Gasteiger partial charge in [0.15, 0.2) is 0 Å². The zero-order chi connectivity index (χ0) is 31.6. The standard InChI is InChI=1S/C18H17N.C11H14IN.C11H12/c1-12-8-13(2)10-16(9-12)18-14(3)17-7-5-4-6-15(17)11-19-18;1-11(2,3)13-8-9-6-4-5-7-10(9)12;1-4-5-11-7-9(2)6-10(3)8-11/h4-11H,1-3H3;4-8H,1-3H3;6-8H,1-3H3. The topological polar surface area (TPSA) is 25.2 Å². The minimum absolute atomic E-state index is 0.0128. The monoisotopic (exact) mass is 678 g/mol. The summed E-state index contributed by atoms with van der Waals surface area (Å²) in [6.07, 6.45) is 3.91. The average molecular weight is 679 g/mol. The number of hydrogen-bond donors (Lipinski definition) is 0. The number of halogens is 1. The Kier molecular flexibility index (Phi) is 12.3. The molecular weight excluding hydrogens is 635 g/mol. The largest absolute Gasteiger partial charge is 0.287 e. The van der Waals surface area contributed by atoms with Crippen molar-refractivity contribution in [3.05, 3.63) is 134 Å². The first kappa shape index (κ1) is 33.7. The van der Waals surface area contributed by atoms with Crippen molar-refractivity contribution in [2.24, 2.45) is 4.99 Å². The summed E-state index contributed by atoms with van der Waals surface area (Å²) in [6.45, 7) is 18.7. The van der Waals surface area contributed by atoms with E-state index < -0.39 is 0 Å². The van der Waals surface area contributed by atoms with Gasteiger partial charge < -0.3 is 0 Å². The third-order valence-electron chi connectivity index (χ3n) is 6.54. The first-order chi connectivity index (χ1) is 20.4. The lowest BCUT2D eigenvalue weighted by atomic mass is 9.98. The van der Waals surface area contributed by atoms with Crippen LogP contribution in [0.5, 0.6) is 0 Å². The molecule has 1 aromatic heterocycles. The second-order valence-corrected chi connectivity index (χ2v) is 13.1. The predicted molar refractivity (Wildman–Crippen MR) is 196 cm³/mol. The summed E-state index contributed by atoms with van der Waals surface area (Å²) < 4.78 is 1.24. The van der Waals surface area contributed by atoms with Crippen molar-refractivity contribution in [1.29, 1.82) is 0 Å². The summed E-state index contributed by atoms with van der Waals surface area (Å²) in [6, 6.07) is 29.6. The molecular formula is C40H43IN2. The number of aliphatic imine (C=N–C) groups is 1. The number of hydrogen-bond acceptors (Lipinski definition) is 2. The molecule has 43 heavy (non-hydrogen) atoms. The summed E-state index contributed by atoms with van der Waals surface area (Å²) in [7, 11) is 0. The quantitative estimate of drug-likeness (QED) is 0.104. The molecule has 0 radical (unpaired) electrons. The Labute approximate surface area is 272 Å². The van der Waals surface area contributed by atoms with Gasteiger partial charge in [0.1, 0.15) is 0 Å². The second kappa shape index (κ2) is 15.6. The highest BCUT2D eigenvalue weighted by molar-refractivity contribution is 14.1. The number of aromatic nitrogens is 1. The van der Waals surface area contributed by atoms with Gasteiger partial charge in [0.25, 0.3) is 0 Å². The van der Waals surface area contributed by atoms with Crippen LogP contribution in [0.1, 0.15) is 66.6 Å². The van der Waals surface area contributed by atoms with Crippen LogP contribution in [0.2, 0.25) is 0 Å². The maximum Gasteiger partial charge on any atom is 0.0737 e. The number of rotatable bonds is 2. The van der Waals surface area contributed by atoms with Crippen LogP contribution in [-0.4, -0.2) is 16.7 Å². The van der Waals surface area contributed by atoms with Crippen LogP contribution in [0.25, 0.3) is 22.0 Å². The molecule has 5 rings (SSSR count). The van der Waals surface area contributed by atoms with E-state index in [0.29, 0.717) is 0 Å². The van der Waals surface area contributed by atoms with Gasteiger partial charge in [-0.1, -0.05) is 71.6 Å². The van der Waals surface area contributed by atoms with Gasteiger partial charge in [-0.3, -0.25) is 9.98 Å². The molecule has 0 fully saturated rings. The van der Waals surface area contributed by atoms with Crippen molar-refractivity contribution in [1.82, 2.24) is 4.98 Å². The van der Waals surface area contributed by atoms with Gasteiger partial charge in [-0.15, -0.1) is 5.92 Å². The van der Waals surface area contributed by atoms with Crippen molar-refractivity contribution >= 4 is 39.6 Å². The van der Waals surface area contributed by atoms with Gasteiger partial charge >= 0.3 is 0 Å². The third-order valence-corrected chi connectivity index (χ3v) is 7.52. The smallest absolute Gasteiger partial charge is 0.0737 e. The summed E-state index contributed by atoms with van der Waals surface area (Å²) in [4.78, 5) is 9.12. The normalized spacial score (nSPS) is 10.7. The van der Waals surface area contributed by atoms with Crippen molar-refractivity contribution in [2.75, 3.05) is 0 Å². The minimum atomic E-state index is 0.0128. The Balaban J connectivity index is 0.000000186. The molecule has 0 spiro atoms. The van der Waals surface area contributed by atoms with Gasteiger partial charge in [0.2, 0.25) is 0 Å². The minimum Gasteiger partial charge on any atom is -0.287 e. The molecule has 0 saturated carbocycles. The van der Waals surface area contributed by atoms with Crippen LogP contribution in [0.3, 0.4) is 0 Å². The van der Waals surface area contributed by atoms with Crippen LogP contribution in [0.15, 0.2) is 96.1 Å². The maximum atomic E-state index is 4.66. The van der Waals surface area contributed by atoms with Crippen LogP contribution in [0, 0.1) is 50.0 Å². The van der Waals surface area contributed by atoms with E-state index >= 15 is 0 Å². The molecule has 1 heterocycles. The fourth-order valence-electron chi connectivity index (χ4n) is 4.75. The highest BCUT2D eigenvalue weighted by Crippen LogP contribution is 2.28. The lowest BCUT2D eigenvalue weighted by Crippen LogP contribution is -2.09. The highest BCUT2D eigenvalue weighted by Gasteiger charge is 2.08. The summed E-state index contributed by atoms with van der Waals surface area (Å²) in [5.74, 6) is 5.93. The number of fused-ring (bicyclic) bond motifs is 1. The molecule has 0 unspecified atom stereocenters.